The van der Waals surface area contributed by atoms with E-state index in [4.69, 9.17) is 4.74 Å². The number of methoxy groups -OCH3 is 1. The normalized spacial score (nSPS) is 11.3. The number of carbonyl (C=O) groups excluding carboxylic acids is 1. The van der Waals surface area contributed by atoms with Gasteiger partial charge in [-0.2, -0.15) is 0 Å². The summed E-state index contributed by atoms with van der Waals surface area (Å²) in [4.78, 5) is 12.7. The molecule has 4 nitrogen and oxygen atoms in total. The Hall–Kier alpha value is -3.79. The van der Waals surface area contributed by atoms with Crippen LogP contribution in [0.25, 0.3) is 44.3 Å². The van der Waals surface area contributed by atoms with Gasteiger partial charge in [0.05, 0.1) is 24.0 Å². The van der Waals surface area contributed by atoms with Gasteiger partial charge in [-0.1, -0.05) is 36.4 Å². The van der Waals surface area contributed by atoms with Crippen molar-refractivity contribution in [1.29, 1.82) is 0 Å². The number of nitrogens with zero attached hydrogens (tertiary/aromatic N) is 2. The Labute approximate surface area is 174 Å². The lowest BCUT2D eigenvalue weighted by atomic mass is 10.0. The third-order valence-electron chi connectivity index (χ3n) is 5.75. The zero-order valence-electron chi connectivity index (χ0n) is 17.2. The molecule has 0 saturated carbocycles. The first-order valence-corrected chi connectivity index (χ1v) is 9.94. The first-order valence-electron chi connectivity index (χ1n) is 9.94. The van der Waals surface area contributed by atoms with E-state index >= 15 is 0 Å². The van der Waals surface area contributed by atoms with Crippen molar-refractivity contribution >= 4 is 27.7 Å². The lowest BCUT2D eigenvalue weighted by Gasteiger charge is -2.11. The number of rotatable bonds is 3. The third-order valence-corrected chi connectivity index (χ3v) is 5.75. The van der Waals surface area contributed by atoms with Crippen molar-refractivity contribution in [2.24, 2.45) is 7.05 Å². The van der Waals surface area contributed by atoms with Gasteiger partial charge in [0, 0.05) is 35.8 Å². The van der Waals surface area contributed by atoms with Crippen molar-refractivity contribution < 1.29 is 9.53 Å². The molecule has 2 aromatic heterocycles. The van der Waals surface area contributed by atoms with E-state index < -0.39 is 0 Å². The van der Waals surface area contributed by atoms with Gasteiger partial charge < -0.3 is 9.30 Å². The standard InChI is InChI=1S/C26H22N2O2/c1-17(29)28-22-10-6-4-8-19(22)16-24(28)25-21-9-5-7-11-23(21)27(2)26(25)18-12-14-20(30-3)15-13-18/h4-16H,1-3H3. The van der Waals surface area contributed by atoms with Crippen LogP contribution in [-0.4, -0.2) is 22.2 Å². The predicted octanol–water partition coefficient (Wildman–Crippen LogP) is 6.14. The summed E-state index contributed by atoms with van der Waals surface area (Å²) in [6.07, 6.45) is 0. The van der Waals surface area contributed by atoms with Crippen LogP contribution in [0.1, 0.15) is 11.7 Å². The molecule has 0 bridgehead atoms. The molecular formula is C26H22N2O2. The van der Waals surface area contributed by atoms with Gasteiger partial charge in [-0.05, 0) is 48.0 Å². The average Bonchev–Trinajstić information content (AvgIpc) is 3.29. The maximum atomic E-state index is 12.7. The second-order valence-corrected chi connectivity index (χ2v) is 7.47. The summed E-state index contributed by atoms with van der Waals surface area (Å²) in [7, 11) is 3.74. The molecule has 0 N–H and O–H groups in total. The predicted molar refractivity (Wildman–Crippen MR) is 122 cm³/mol. The minimum absolute atomic E-state index is 0.000171. The van der Waals surface area contributed by atoms with E-state index in [1.54, 1.807) is 14.0 Å². The molecule has 0 aliphatic heterocycles. The van der Waals surface area contributed by atoms with E-state index in [0.29, 0.717) is 0 Å². The van der Waals surface area contributed by atoms with E-state index in [1.165, 1.54) is 0 Å². The molecule has 4 heteroatoms. The molecule has 5 aromatic rings. The van der Waals surface area contributed by atoms with Crippen molar-refractivity contribution in [3.63, 3.8) is 0 Å². The largest absolute Gasteiger partial charge is 0.497 e. The van der Waals surface area contributed by atoms with Gasteiger partial charge in [-0.15, -0.1) is 0 Å². The Bertz CT molecular complexity index is 1400. The maximum absolute atomic E-state index is 12.7. The summed E-state index contributed by atoms with van der Waals surface area (Å²) in [6, 6.07) is 26.5. The first-order chi connectivity index (χ1) is 14.6. The molecule has 148 valence electrons. The Kier molecular flexibility index (Phi) is 4.21. The molecule has 30 heavy (non-hydrogen) atoms. The molecule has 0 saturated heterocycles. The number of aromatic nitrogens is 2. The molecular weight excluding hydrogens is 372 g/mol. The lowest BCUT2D eigenvalue weighted by Crippen LogP contribution is -2.07. The van der Waals surface area contributed by atoms with Crippen LogP contribution >= 0.6 is 0 Å². The maximum Gasteiger partial charge on any atom is 0.228 e. The fourth-order valence-electron chi connectivity index (χ4n) is 4.42. The van der Waals surface area contributed by atoms with E-state index in [2.05, 4.69) is 48.0 Å². The van der Waals surface area contributed by atoms with E-state index in [9.17, 15) is 4.79 Å². The zero-order valence-corrected chi connectivity index (χ0v) is 17.2. The second-order valence-electron chi connectivity index (χ2n) is 7.47. The van der Waals surface area contributed by atoms with Crippen molar-refractivity contribution in [2.75, 3.05) is 7.11 Å². The highest BCUT2D eigenvalue weighted by Crippen LogP contribution is 2.42. The van der Waals surface area contributed by atoms with Gasteiger partial charge in [0.25, 0.3) is 0 Å². The number of hydrogen-bond acceptors (Lipinski definition) is 2. The van der Waals surface area contributed by atoms with E-state index in [1.807, 2.05) is 47.0 Å². The van der Waals surface area contributed by atoms with Crippen molar-refractivity contribution in [2.45, 2.75) is 6.92 Å². The summed E-state index contributed by atoms with van der Waals surface area (Å²) in [5.74, 6) is 0.816. The van der Waals surface area contributed by atoms with E-state index in [-0.39, 0.29) is 5.91 Å². The molecule has 0 spiro atoms. The summed E-state index contributed by atoms with van der Waals surface area (Å²) in [5.41, 5.74) is 6.16. The number of ether oxygens (including phenoxy) is 1. The van der Waals surface area contributed by atoms with Gasteiger partial charge in [0.1, 0.15) is 5.75 Å². The fraction of sp³-hybridized carbons (Fsp3) is 0.115. The molecule has 0 fully saturated rings. The van der Waals surface area contributed by atoms with Gasteiger partial charge in [0.2, 0.25) is 5.91 Å². The van der Waals surface area contributed by atoms with Crippen LogP contribution in [0.15, 0.2) is 78.9 Å². The minimum atomic E-state index is -0.000171. The van der Waals surface area contributed by atoms with Crippen LogP contribution in [-0.2, 0) is 7.05 Å². The van der Waals surface area contributed by atoms with Gasteiger partial charge in [-0.3, -0.25) is 9.36 Å². The quantitative estimate of drug-likeness (QED) is 0.369. The van der Waals surface area contributed by atoms with Crippen molar-refractivity contribution in [3.05, 3.63) is 78.9 Å². The summed E-state index contributed by atoms with van der Waals surface area (Å²) >= 11 is 0. The monoisotopic (exact) mass is 394 g/mol. The van der Waals surface area contributed by atoms with Gasteiger partial charge >= 0.3 is 0 Å². The smallest absolute Gasteiger partial charge is 0.228 e. The number of aryl methyl sites for hydroxylation is 1. The number of fused-ring (bicyclic) bond motifs is 2. The third kappa shape index (κ3) is 2.65. The zero-order chi connectivity index (χ0) is 20.8. The number of hydrogen-bond donors (Lipinski definition) is 0. The fourth-order valence-corrected chi connectivity index (χ4v) is 4.42. The van der Waals surface area contributed by atoms with Gasteiger partial charge in [-0.25, -0.2) is 0 Å². The molecule has 0 amide bonds. The van der Waals surface area contributed by atoms with Crippen LogP contribution in [0, 0.1) is 0 Å². The molecule has 2 heterocycles. The molecule has 0 atom stereocenters. The lowest BCUT2D eigenvalue weighted by molar-refractivity contribution is 0.0943. The van der Waals surface area contributed by atoms with Crippen LogP contribution in [0.2, 0.25) is 0 Å². The molecule has 0 aliphatic rings. The summed E-state index contributed by atoms with van der Waals surface area (Å²) in [6.45, 7) is 1.62. The first kappa shape index (κ1) is 18.3. The highest BCUT2D eigenvalue weighted by molar-refractivity contribution is 6.08. The Morgan fingerprint density at radius 2 is 1.53 bits per heavy atom. The highest BCUT2D eigenvalue weighted by atomic mass is 16.5. The van der Waals surface area contributed by atoms with Gasteiger partial charge in [0.15, 0.2) is 0 Å². The Balaban J connectivity index is 1.91. The SMILES string of the molecule is COc1ccc(-c2c(-c3cc4ccccc4n3C(C)=O)c3ccccc3n2C)cc1. The Morgan fingerprint density at radius 1 is 0.867 bits per heavy atom. The minimum Gasteiger partial charge on any atom is -0.497 e. The number of benzene rings is 3. The summed E-state index contributed by atoms with van der Waals surface area (Å²) in [5, 5.41) is 2.17. The average molecular weight is 394 g/mol. The summed E-state index contributed by atoms with van der Waals surface area (Å²) < 4.78 is 9.37. The van der Waals surface area contributed by atoms with Crippen molar-refractivity contribution in [1.82, 2.24) is 9.13 Å². The second kappa shape index (κ2) is 6.92. The molecule has 0 aliphatic carbocycles. The topological polar surface area (TPSA) is 36.2 Å². The molecule has 0 unspecified atom stereocenters. The molecule has 5 rings (SSSR count). The molecule has 3 aromatic carbocycles. The number of carbonyl (C=O) groups is 1. The van der Waals surface area contributed by atoms with Crippen LogP contribution in [0.5, 0.6) is 5.75 Å². The van der Waals surface area contributed by atoms with E-state index in [0.717, 1.165) is 50.1 Å². The van der Waals surface area contributed by atoms with Crippen LogP contribution < -0.4 is 4.74 Å². The number of para-hydroxylation sites is 2. The Morgan fingerprint density at radius 3 is 2.23 bits per heavy atom. The molecule has 0 radical (unpaired) electrons. The van der Waals surface area contributed by atoms with Crippen molar-refractivity contribution in [3.8, 4) is 28.3 Å². The van der Waals surface area contributed by atoms with Crippen LogP contribution in [0.4, 0.5) is 0 Å². The van der Waals surface area contributed by atoms with Crippen LogP contribution in [0.3, 0.4) is 0 Å². The highest BCUT2D eigenvalue weighted by Gasteiger charge is 2.23.